The highest BCUT2D eigenvalue weighted by atomic mass is 19.1. The summed E-state index contributed by atoms with van der Waals surface area (Å²) in [5.41, 5.74) is 1.25. The van der Waals surface area contributed by atoms with Gasteiger partial charge in [-0.2, -0.15) is 0 Å². The van der Waals surface area contributed by atoms with Crippen molar-refractivity contribution in [1.29, 1.82) is 0 Å². The Labute approximate surface area is 101 Å². The molecular weight excluding hydrogens is 219 g/mol. The van der Waals surface area contributed by atoms with E-state index in [1.54, 1.807) is 6.07 Å². The molecule has 0 saturated carbocycles. The third kappa shape index (κ3) is 2.82. The Morgan fingerprint density at radius 3 is 2.41 bits per heavy atom. The van der Waals surface area contributed by atoms with Crippen molar-refractivity contribution in [3.63, 3.8) is 0 Å². The van der Waals surface area contributed by atoms with Crippen LogP contribution in [0.2, 0.25) is 0 Å². The molecule has 92 valence electrons. The third-order valence-corrected chi connectivity index (χ3v) is 3.16. The first-order valence-electron chi connectivity index (χ1n) is 5.81. The number of hydrogen-bond donors (Lipinski definition) is 0. The summed E-state index contributed by atoms with van der Waals surface area (Å²) in [6, 6.07) is 4.57. The van der Waals surface area contributed by atoms with Gasteiger partial charge in [0.25, 0.3) is 0 Å². The Kier molecular flexibility index (Phi) is 3.43. The van der Waals surface area contributed by atoms with Crippen LogP contribution in [0.4, 0.5) is 10.1 Å². The van der Waals surface area contributed by atoms with E-state index >= 15 is 0 Å². The SMILES string of the molecule is CC(=O)c1cc(F)cc(N2CCN(C)CC2)c1. The molecule has 2 rings (SSSR count). The lowest BCUT2D eigenvalue weighted by molar-refractivity contribution is 0.101. The molecule has 0 atom stereocenters. The number of benzene rings is 1. The van der Waals surface area contributed by atoms with Gasteiger partial charge in [0.05, 0.1) is 0 Å². The van der Waals surface area contributed by atoms with Gasteiger partial charge in [0, 0.05) is 37.4 Å². The van der Waals surface area contributed by atoms with Crippen molar-refractivity contribution in [3.8, 4) is 0 Å². The molecule has 0 bridgehead atoms. The number of hydrogen-bond acceptors (Lipinski definition) is 3. The number of ketones is 1. The summed E-state index contributed by atoms with van der Waals surface area (Å²) in [5.74, 6) is -0.438. The number of halogens is 1. The molecule has 1 heterocycles. The number of nitrogens with zero attached hydrogens (tertiary/aromatic N) is 2. The Balaban J connectivity index is 2.23. The summed E-state index contributed by atoms with van der Waals surface area (Å²) in [6.07, 6.45) is 0. The first-order chi connectivity index (χ1) is 8.06. The Morgan fingerprint density at radius 1 is 1.18 bits per heavy atom. The quantitative estimate of drug-likeness (QED) is 0.731. The minimum atomic E-state index is -0.341. The summed E-state index contributed by atoms with van der Waals surface area (Å²) in [6.45, 7) is 5.13. The smallest absolute Gasteiger partial charge is 0.159 e. The lowest BCUT2D eigenvalue weighted by atomic mass is 10.1. The fourth-order valence-electron chi connectivity index (χ4n) is 2.02. The maximum absolute atomic E-state index is 13.4. The molecule has 4 heteroatoms. The first-order valence-corrected chi connectivity index (χ1v) is 5.81. The standard InChI is InChI=1S/C13H17FN2O/c1-10(17)11-7-12(14)9-13(8-11)16-5-3-15(2)4-6-16/h7-9H,3-6H2,1-2H3. The molecule has 1 aliphatic rings. The van der Waals surface area contributed by atoms with Gasteiger partial charge in [0.1, 0.15) is 5.82 Å². The number of carbonyl (C=O) groups is 1. The molecule has 0 aromatic heterocycles. The number of likely N-dealkylation sites (N-methyl/N-ethyl adjacent to an activating group) is 1. The molecule has 17 heavy (non-hydrogen) atoms. The lowest BCUT2D eigenvalue weighted by Gasteiger charge is -2.34. The average molecular weight is 236 g/mol. The highest BCUT2D eigenvalue weighted by Crippen LogP contribution is 2.20. The number of anilines is 1. The number of rotatable bonds is 2. The average Bonchev–Trinajstić information content (AvgIpc) is 2.29. The van der Waals surface area contributed by atoms with Crippen molar-refractivity contribution in [2.24, 2.45) is 0 Å². The fraction of sp³-hybridized carbons (Fsp3) is 0.462. The van der Waals surface area contributed by atoms with E-state index in [1.807, 2.05) is 0 Å². The van der Waals surface area contributed by atoms with Gasteiger partial charge >= 0.3 is 0 Å². The van der Waals surface area contributed by atoms with Crippen molar-refractivity contribution in [2.75, 3.05) is 38.1 Å². The Morgan fingerprint density at radius 2 is 1.82 bits per heavy atom. The Bertz CT molecular complexity index is 425. The minimum Gasteiger partial charge on any atom is -0.369 e. The van der Waals surface area contributed by atoms with E-state index in [1.165, 1.54) is 19.1 Å². The molecule has 1 fully saturated rings. The molecule has 0 aliphatic carbocycles. The van der Waals surface area contributed by atoms with Gasteiger partial charge in [-0.15, -0.1) is 0 Å². The first kappa shape index (κ1) is 12.0. The van der Waals surface area contributed by atoms with Gasteiger partial charge in [-0.05, 0) is 32.2 Å². The van der Waals surface area contributed by atoms with Crippen LogP contribution in [0.1, 0.15) is 17.3 Å². The maximum Gasteiger partial charge on any atom is 0.159 e. The molecular formula is C13H17FN2O. The van der Waals surface area contributed by atoms with Gasteiger partial charge < -0.3 is 9.80 Å². The van der Waals surface area contributed by atoms with Crippen molar-refractivity contribution in [3.05, 3.63) is 29.6 Å². The van der Waals surface area contributed by atoms with Crippen molar-refractivity contribution in [1.82, 2.24) is 4.90 Å². The second-order valence-corrected chi connectivity index (χ2v) is 4.54. The minimum absolute atomic E-state index is 0.0973. The molecule has 0 radical (unpaired) electrons. The molecule has 1 saturated heterocycles. The molecule has 0 amide bonds. The van der Waals surface area contributed by atoms with Gasteiger partial charge in [0.15, 0.2) is 5.78 Å². The zero-order valence-corrected chi connectivity index (χ0v) is 10.2. The normalized spacial score (nSPS) is 17.2. The predicted octanol–water partition coefficient (Wildman–Crippen LogP) is 1.78. The van der Waals surface area contributed by atoms with E-state index in [0.29, 0.717) is 5.56 Å². The monoisotopic (exact) mass is 236 g/mol. The third-order valence-electron chi connectivity index (χ3n) is 3.16. The van der Waals surface area contributed by atoms with Crippen LogP contribution in [0.3, 0.4) is 0 Å². The summed E-state index contributed by atoms with van der Waals surface area (Å²) in [5, 5.41) is 0. The number of carbonyl (C=O) groups excluding carboxylic acids is 1. The molecule has 0 N–H and O–H groups in total. The highest BCUT2D eigenvalue weighted by Gasteiger charge is 2.16. The second kappa shape index (κ2) is 4.84. The van der Waals surface area contributed by atoms with Crippen LogP contribution in [0.15, 0.2) is 18.2 Å². The number of Topliss-reactive ketones (excluding diaryl/α,β-unsaturated/α-hetero) is 1. The molecule has 3 nitrogen and oxygen atoms in total. The van der Waals surface area contributed by atoms with E-state index in [9.17, 15) is 9.18 Å². The van der Waals surface area contributed by atoms with Crippen LogP contribution < -0.4 is 4.90 Å². The van der Waals surface area contributed by atoms with Gasteiger partial charge in [-0.25, -0.2) is 4.39 Å². The summed E-state index contributed by atoms with van der Waals surface area (Å²) < 4.78 is 13.4. The van der Waals surface area contributed by atoms with Crippen molar-refractivity contribution in [2.45, 2.75) is 6.92 Å². The zero-order valence-electron chi connectivity index (χ0n) is 10.2. The van der Waals surface area contributed by atoms with Gasteiger partial charge in [-0.1, -0.05) is 0 Å². The lowest BCUT2D eigenvalue weighted by Crippen LogP contribution is -2.44. The van der Waals surface area contributed by atoms with Crippen LogP contribution in [-0.4, -0.2) is 43.9 Å². The van der Waals surface area contributed by atoms with Crippen LogP contribution >= 0.6 is 0 Å². The molecule has 0 spiro atoms. The molecule has 1 aliphatic heterocycles. The molecule has 0 unspecified atom stereocenters. The highest BCUT2D eigenvalue weighted by molar-refractivity contribution is 5.95. The zero-order chi connectivity index (χ0) is 12.4. The topological polar surface area (TPSA) is 23.6 Å². The maximum atomic E-state index is 13.4. The van der Waals surface area contributed by atoms with Crippen LogP contribution in [0, 0.1) is 5.82 Å². The van der Waals surface area contributed by atoms with E-state index in [2.05, 4.69) is 16.8 Å². The van der Waals surface area contributed by atoms with Crippen LogP contribution in [0.5, 0.6) is 0 Å². The van der Waals surface area contributed by atoms with Crippen molar-refractivity contribution < 1.29 is 9.18 Å². The number of piperazine rings is 1. The molecule has 1 aromatic carbocycles. The van der Waals surface area contributed by atoms with E-state index in [0.717, 1.165) is 31.9 Å². The van der Waals surface area contributed by atoms with Gasteiger partial charge in [-0.3, -0.25) is 4.79 Å². The largest absolute Gasteiger partial charge is 0.369 e. The molecule has 1 aromatic rings. The summed E-state index contributed by atoms with van der Waals surface area (Å²) >= 11 is 0. The van der Waals surface area contributed by atoms with Gasteiger partial charge in [0.2, 0.25) is 0 Å². The predicted molar refractivity (Wildman–Crippen MR) is 66.1 cm³/mol. The van der Waals surface area contributed by atoms with Crippen LogP contribution in [0.25, 0.3) is 0 Å². The van der Waals surface area contributed by atoms with E-state index in [-0.39, 0.29) is 11.6 Å². The summed E-state index contributed by atoms with van der Waals surface area (Å²) in [4.78, 5) is 15.6. The van der Waals surface area contributed by atoms with Crippen molar-refractivity contribution >= 4 is 11.5 Å². The second-order valence-electron chi connectivity index (χ2n) is 4.54. The van der Waals surface area contributed by atoms with Crippen LogP contribution in [-0.2, 0) is 0 Å². The van der Waals surface area contributed by atoms with E-state index in [4.69, 9.17) is 0 Å². The fourth-order valence-corrected chi connectivity index (χ4v) is 2.02. The summed E-state index contributed by atoms with van der Waals surface area (Å²) in [7, 11) is 2.07. The van der Waals surface area contributed by atoms with E-state index < -0.39 is 0 Å². The Hall–Kier alpha value is -1.42.